The number of aromatic nitrogens is 1. The zero-order valence-electron chi connectivity index (χ0n) is 17.0. The SMILES string of the molecule is CN=C(NCCc1coc(-c2ccc(F)cc2)n1)N1CCC2(CCCCC2)C1.I. The molecule has 0 amide bonds. The number of likely N-dealkylation sites (tertiary alicyclic amines) is 1. The van der Waals surface area contributed by atoms with E-state index in [0.717, 1.165) is 43.3 Å². The lowest BCUT2D eigenvalue weighted by Crippen LogP contribution is -2.42. The van der Waals surface area contributed by atoms with Crippen molar-refractivity contribution in [1.29, 1.82) is 0 Å². The van der Waals surface area contributed by atoms with Gasteiger partial charge in [-0.15, -0.1) is 24.0 Å². The summed E-state index contributed by atoms with van der Waals surface area (Å²) >= 11 is 0. The van der Waals surface area contributed by atoms with Gasteiger partial charge >= 0.3 is 0 Å². The van der Waals surface area contributed by atoms with E-state index < -0.39 is 0 Å². The van der Waals surface area contributed by atoms with E-state index in [9.17, 15) is 4.39 Å². The highest BCUT2D eigenvalue weighted by Gasteiger charge is 2.39. The van der Waals surface area contributed by atoms with E-state index >= 15 is 0 Å². The number of benzene rings is 1. The van der Waals surface area contributed by atoms with E-state index in [1.54, 1.807) is 18.4 Å². The number of halogens is 2. The van der Waals surface area contributed by atoms with Crippen molar-refractivity contribution >= 4 is 29.9 Å². The van der Waals surface area contributed by atoms with Crippen LogP contribution in [-0.2, 0) is 6.42 Å². The summed E-state index contributed by atoms with van der Waals surface area (Å²) in [6.45, 7) is 2.98. The van der Waals surface area contributed by atoms with Crippen molar-refractivity contribution in [1.82, 2.24) is 15.2 Å². The molecule has 1 N–H and O–H groups in total. The van der Waals surface area contributed by atoms with Gasteiger partial charge in [-0.2, -0.15) is 0 Å². The first kappa shape index (κ1) is 22.1. The Labute approximate surface area is 189 Å². The minimum Gasteiger partial charge on any atom is -0.444 e. The molecule has 1 aromatic heterocycles. The number of aliphatic imine (C=N–C) groups is 1. The van der Waals surface area contributed by atoms with Gasteiger partial charge in [0.25, 0.3) is 0 Å². The zero-order valence-corrected chi connectivity index (χ0v) is 19.3. The van der Waals surface area contributed by atoms with Gasteiger partial charge in [-0.3, -0.25) is 4.99 Å². The highest BCUT2D eigenvalue weighted by atomic mass is 127. The predicted octanol–water partition coefficient (Wildman–Crippen LogP) is 4.87. The second kappa shape index (κ2) is 9.91. The highest BCUT2D eigenvalue weighted by molar-refractivity contribution is 14.0. The molecule has 1 aliphatic heterocycles. The third-order valence-electron chi connectivity index (χ3n) is 6.17. The largest absolute Gasteiger partial charge is 0.444 e. The Morgan fingerprint density at radius 1 is 1.21 bits per heavy atom. The van der Waals surface area contributed by atoms with Gasteiger partial charge < -0.3 is 14.6 Å². The molecule has 1 saturated carbocycles. The summed E-state index contributed by atoms with van der Waals surface area (Å²) < 4.78 is 18.6. The monoisotopic (exact) mass is 512 g/mol. The van der Waals surface area contributed by atoms with Crippen LogP contribution in [0.2, 0.25) is 0 Å². The summed E-state index contributed by atoms with van der Waals surface area (Å²) in [5.74, 6) is 1.26. The molecule has 1 saturated heterocycles. The van der Waals surface area contributed by atoms with Crippen molar-refractivity contribution in [3.05, 3.63) is 42.0 Å². The summed E-state index contributed by atoms with van der Waals surface area (Å²) in [4.78, 5) is 11.4. The molecule has 0 bridgehead atoms. The molecule has 2 fully saturated rings. The molecule has 0 radical (unpaired) electrons. The Bertz CT molecular complexity index is 814. The summed E-state index contributed by atoms with van der Waals surface area (Å²) in [7, 11) is 1.86. The number of guanidine groups is 1. The standard InChI is InChI=1S/C22H29FN4O.HI/c1-24-21(27-14-12-22(16-27)10-3-2-4-11-22)25-13-9-19-15-28-20(26-19)17-5-7-18(23)8-6-17;/h5-8,15H,2-4,9-14,16H2,1H3,(H,24,25);1H. The van der Waals surface area contributed by atoms with Crippen LogP contribution in [0.3, 0.4) is 0 Å². The van der Waals surface area contributed by atoms with Gasteiger partial charge in [0.15, 0.2) is 5.96 Å². The van der Waals surface area contributed by atoms with Gasteiger partial charge in [0.2, 0.25) is 5.89 Å². The van der Waals surface area contributed by atoms with Gasteiger partial charge in [0.1, 0.15) is 12.1 Å². The normalized spacial score (nSPS) is 18.7. The Balaban J connectivity index is 0.00000240. The summed E-state index contributed by atoms with van der Waals surface area (Å²) in [5, 5.41) is 3.48. The van der Waals surface area contributed by atoms with Crippen LogP contribution in [0.1, 0.15) is 44.2 Å². The van der Waals surface area contributed by atoms with Gasteiger partial charge in [0.05, 0.1) is 5.69 Å². The maximum atomic E-state index is 13.1. The van der Waals surface area contributed by atoms with Crippen molar-refractivity contribution < 1.29 is 8.81 Å². The van der Waals surface area contributed by atoms with Crippen LogP contribution in [0, 0.1) is 11.2 Å². The molecule has 4 rings (SSSR count). The minimum absolute atomic E-state index is 0. The Kier molecular flexibility index (Phi) is 7.54. The lowest BCUT2D eigenvalue weighted by molar-refractivity contribution is 0.203. The van der Waals surface area contributed by atoms with Crippen LogP contribution in [0.5, 0.6) is 0 Å². The van der Waals surface area contributed by atoms with E-state index in [-0.39, 0.29) is 29.8 Å². The van der Waals surface area contributed by atoms with Crippen molar-refractivity contribution in [2.75, 3.05) is 26.7 Å². The molecule has 158 valence electrons. The number of oxazole rings is 1. The molecule has 5 nitrogen and oxygen atoms in total. The maximum Gasteiger partial charge on any atom is 0.226 e. The summed E-state index contributed by atoms with van der Waals surface area (Å²) in [6, 6.07) is 6.19. The van der Waals surface area contributed by atoms with Gasteiger partial charge in [0, 0.05) is 38.7 Å². The van der Waals surface area contributed by atoms with E-state index in [4.69, 9.17) is 4.42 Å². The van der Waals surface area contributed by atoms with E-state index in [0.29, 0.717) is 11.3 Å². The lowest BCUT2D eigenvalue weighted by Gasteiger charge is -2.33. The molecule has 1 aliphatic carbocycles. The molecule has 2 aromatic rings. The van der Waals surface area contributed by atoms with Crippen molar-refractivity contribution in [3.63, 3.8) is 0 Å². The first-order valence-electron chi connectivity index (χ1n) is 10.3. The molecular weight excluding hydrogens is 482 g/mol. The molecule has 7 heteroatoms. The average Bonchev–Trinajstić information content (AvgIpc) is 3.34. The third kappa shape index (κ3) is 5.29. The molecular formula is C22H30FIN4O. The van der Waals surface area contributed by atoms with Crippen molar-refractivity contribution in [2.45, 2.75) is 44.9 Å². The summed E-state index contributed by atoms with van der Waals surface area (Å²) in [5.41, 5.74) is 2.19. The molecule has 0 unspecified atom stereocenters. The number of hydrogen-bond acceptors (Lipinski definition) is 3. The number of nitrogens with one attached hydrogen (secondary N) is 1. The third-order valence-corrected chi connectivity index (χ3v) is 6.17. The first-order valence-corrected chi connectivity index (χ1v) is 10.3. The number of hydrogen-bond donors (Lipinski definition) is 1. The Morgan fingerprint density at radius 3 is 2.69 bits per heavy atom. The van der Waals surface area contributed by atoms with E-state index in [1.807, 2.05) is 7.05 Å². The fourth-order valence-corrected chi connectivity index (χ4v) is 4.61. The first-order chi connectivity index (χ1) is 13.7. The van der Waals surface area contributed by atoms with Crippen LogP contribution >= 0.6 is 24.0 Å². The van der Waals surface area contributed by atoms with Gasteiger partial charge in [-0.05, 0) is 48.9 Å². The smallest absolute Gasteiger partial charge is 0.226 e. The minimum atomic E-state index is -0.261. The Morgan fingerprint density at radius 2 is 1.97 bits per heavy atom. The predicted molar refractivity (Wildman–Crippen MR) is 124 cm³/mol. The van der Waals surface area contributed by atoms with Gasteiger partial charge in [-0.1, -0.05) is 19.3 Å². The summed E-state index contributed by atoms with van der Waals surface area (Å²) in [6.07, 6.45) is 10.6. The van der Waals surface area contributed by atoms with Crippen molar-refractivity contribution in [3.8, 4) is 11.5 Å². The van der Waals surface area contributed by atoms with E-state index in [2.05, 4.69) is 20.2 Å². The van der Waals surface area contributed by atoms with Crippen LogP contribution in [0.15, 0.2) is 39.9 Å². The molecule has 29 heavy (non-hydrogen) atoms. The maximum absolute atomic E-state index is 13.1. The second-order valence-electron chi connectivity index (χ2n) is 8.11. The Hall–Kier alpha value is -1.64. The lowest BCUT2D eigenvalue weighted by atomic mass is 9.73. The van der Waals surface area contributed by atoms with E-state index in [1.165, 1.54) is 50.7 Å². The highest BCUT2D eigenvalue weighted by Crippen LogP contribution is 2.43. The molecule has 2 heterocycles. The topological polar surface area (TPSA) is 53.7 Å². The van der Waals surface area contributed by atoms with Crippen molar-refractivity contribution in [2.24, 2.45) is 10.4 Å². The van der Waals surface area contributed by atoms with Crippen LogP contribution in [0.4, 0.5) is 4.39 Å². The number of nitrogens with zero attached hydrogens (tertiary/aromatic N) is 3. The molecule has 1 spiro atoms. The quantitative estimate of drug-likeness (QED) is 0.361. The average molecular weight is 512 g/mol. The second-order valence-corrected chi connectivity index (χ2v) is 8.11. The number of rotatable bonds is 4. The fraction of sp³-hybridized carbons (Fsp3) is 0.545. The van der Waals surface area contributed by atoms with Gasteiger partial charge in [-0.25, -0.2) is 9.37 Å². The molecule has 1 aromatic carbocycles. The van der Waals surface area contributed by atoms with Crippen LogP contribution in [0.25, 0.3) is 11.5 Å². The molecule has 0 atom stereocenters. The van der Waals surface area contributed by atoms with Crippen LogP contribution in [-0.4, -0.2) is 42.5 Å². The fourth-order valence-electron chi connectivity index (χ4n) is 4.61. The molecule has 2 aliphatic rings. The zero-order chi connectivity index (χ0) is 19.4. The van der Waals surface area contributed by atoms with Crippen LogP contribution < -0.4 is 5.32 Å².